The zero-order valence-corrected chi connectivity index (χ0v) is 12.5. The Labute approximate surface area is 111 Å². The molecule has 0 aliphatic carbocycles. The first-order valence-corrected chi connectivity index (χ1v) is 7.40. The van der Waals surface area contributed by atoms with Crippen molar-refractivity contribution in [3.63, 3.8) is 0 Å². The van der Waals surface area contributed by atoms with Crippen molar-refractivity contribution in [3.8, 4) is 0 Å². The van der Waals surface area contributed by atoms with Gasteiger partial charge < -0.3 is 10.5 Å². The average Bonchev–Trinajstić information content (AvgIpc) is 2.26. The van der Waals surface area contributed by atoms with Crippen molar-refractivity contribution in [1.82, 2.24) is 4.72 Å². The maximum absolute atomic E-state index is 11.8. The van der Waals surface area contributed by atoms with Crippen LogP contribution >= 0.6 is 12.4 Å². The maximum atomic E-state index is 11.8. The first-order chi connectivity index (χ1) is 7.45. The van der Waals surface area contributed by atoms with Crippen molar-refractivity contribution < 1.29 is 13.2 Å². The highest BCUT2D eigenvalue weighted by atomic mass is 35.5. The van der Waals surface area contributed by atoms with Gasteiger partial charge in [-0.1, -0.05) is 13.8 Å². The Hall–Kier alpha value is 0.120. The number of hydrogen-bond donors (Lipinski definition) is 2. The van der Waals surface area contributed by atoms with E-state index in [-0.39, 0.29) is 24.8 Å². The molecule has 0 heterocycles. The average molecular weight is 289 g/mol. The monoisotopic (exact) mass is 288 g/mol. The van der Waals surface area contributed by atoms with E-state index in [1.165, 1.54) is 0 Å². The molecule has 0 fully saturated rings. The molecule has 0 aromatic rings. The van der Waals surface area contributed by atoms with Gasteiger partial charge in [-0.3, -0.25) is 0 Å². The highest BCUT2D eigenvalue weighted by Crippen LogP contribution is 2.14. The van der Waals surface area contributed by atoms with Gasteiger partial charge in [-0.25, -0.2) is 13.1 Å². The Morgan fingerprint density at radius 3 is 2.12 bits per heavy atom. The summed E-state index contributed by atoms with van der Waals surface area (Å²) >= 11 is 0. The summed E-state index contributed by atoms with van der Waals surface area (Å²) < 4.78 is 31.2. The smallest absolute Gasteiger partial charge is 0.214 e. The molecule has 0 radical (unpaired) electrons. The van der Waals surface area contributed by atoms with Gasteiger partial charge in [-0.2, -0.15) is 0 Å². The van der Waals surface area contributed by atoms with Crippen LogP contribution in [-0.4, -0.2) is 39.5 Å². The molecule has 0 saturated carbocycles. The molecule has 0 aromatic carbocycles. The van der Waals surface area contributed by atoms with Crippen molar-refractivity contribution in [2.45, 2.75) is 39.2 Å². The minimum absolute atomic E-state index is 0. The minimum atomic E-state index is -3.30. The Bertz CT molecular complexity index is 271. The molecule has 0 aromatic heterocycles. The molecule has 0 aliphatic heterocycles. The summed E-state index contributed by atoms with van der Waals surface area (Å²) in [6, 6.07) is 0. The van der Waals surface area contributed by atoms with Gasteiger partial charge in [0.25, 0.3) is 0 Å². The summed E-state index contributed by atoms with van der Waals surface area (Å²) in [6.45, 7) is 6.76. The summed E-state index contributed by atoms with van der Waals surface area (Å²) in [7, 11) is -3.30. The first-order valence-electron chi connectivity index (χ1n) is 5.74. The van der Waals surface area contributed by atoms with Crippen LogP contribution in [0.25, 0.3) is 0 Å². The second kappa shape index (κ2) is 9.10. The van der Waals surface area contributed by atoms with Crippen LogP contribution in [0.15, 0.2) is 0 Å². The predicted molar refractivity (Wildman–Crippen MR) is 73.0 cm³/mol. The molecule has 3 N–H and O–H groups in total. The van der Waals surface area contributed by atoms with E-state index in [2.05, 4.69) is 4.72 Å². The van der Waals surface area contributed by atoms with Crippen molar-refractivity contribution in [2.24, 2.45) is 5.73 Å². The van der Waals surface area contributed by atoms with Crippen molar-refractivity contribution in [1.29, 1.82) is 0 Å². The Morgan fingerprint density at radius 2 is 1.76 bits per heavy atom. The van der Waals surface area contributed by atoms with Gasteiger partial charge in [0.05, 0.1) is 12.4 Å². The van der Waals surface area contributed by atoms with Gasteiger partial charge in [-0.05, 0) is 19.8 Å². The fraction of sp³-hybridized carbons (Fsp3) is 1.00. The molecule has 7 heteroatoms. The molecular weight excluding hydrogens is 264 g/mol. The molecule has 0 atom stereocenters. The number of halogens is 1. The van der Waals surface area contributed by atoms with Gasteiger partial charge in [-0.15, -0.1) is 12.4 Å². The number of nitrogens with one attached hydrogen (secondary N) is 1. The van der Waals surface area contributed by atoms with Gasteiger partial charge in [0.1, 0.15) is 0 Å². The summed E-state index contributed by atoms with van der Waals surface area (Å²) in [5.41, 5.74) is 5.12. The van der Waals surface area contributed by atoms with Crippen LogP contribution in [0.1, 0.15) is 33.6 Å². The molecule has 0 unspecified atom stereocenters. The van der Waals surface area contributed by atoms with Crippen LogP contribution in [0.4, 0.5) is 0 Å². The summed E-state index contributed by atoms with van der Waals surface area (Å²) in [5, 5.41) is 0. The third-order valence-electron chi connectivity index (χ3n) is 2.82. The van der Waals surface area contributed by atoms with E-state index in [4.69, 9.17) is 10.5 Å². The van der Waals surface area contributed by atoms with Crippen LogP contribution in [-0.2, 0) is 14.8 Å². The van der Waals surface area contributed by atoms with Crippen LogP contribution < -0.4 is 10.5 Å². The van der Waals surface area contributed by atoms with Crippen LogP contribution in [0.2, 0.25) is 0 Å². The second-order valence-electron chi connectivity index (χ2n) is 3.81. The quantitative estimate of drug-likeness (QED) is 0.617. The summed E-state index contributed by atoms with van der Waals surface area (Å²) in [4.78, 5) is 0. The molecule has 0 aliphatic rings. The van der Waals surface area contributed by atoms with E-state index < -0.39 is 15.6 Å². The number of ether oxygens (including phenoxy) is 1. The lowest BCUT2D eigenvalue weighted by atomic mass is 9.95. The zero-order valence-electron chi connectivity index (χ0n) is 10.9. The lowest BCUT2D eigenvalue weighted by molar-refractivity contribution is 0.163. The molecule has 0 amide bonds. The van der Waals surface area contributed by atoms with Crippen molar-refractivity contribution in [3.05, 3.63) is 0 Å². The fourth-order valence-electron chi connectivity index (χ4n) is 1.42. The van der Waals surface area contributed by atoms with Gasteiger partial charge >= 0.3 is 0 Å². The van der Waals surface area contributed by atoms with E-state index in [9.17, 15) is 8.42 Å². The molecule has 106 valence electrons. The highest BCUT2D eigenvalue weighted by Gasteiger charge is 2.29. The molecule has 0 bridgehead atoms. The van der Waals surface area contributed by atoms with Crippen LogP contribution in [0.3, 0.4) is 0 Å². The van der Waals surface area contributed by atoms with Gasteiger partial charge in [0, 0.05) is 18.7 Å². The molecule has 17 heavy (non-hydrogen) atoms. The number of rotatable bonds is 9. The lowest BCUT2D eigenvalue weighted by Gasteiger charge is -2.30. The summed E-state index contributed by atoms with van der Waals surface area (Å²) in [6.07, 6.45) is 1.38. The van der Waals surface area contributed by atoms with Crippen LogP contribution in [0, 0.1) is 0 Å². The topological polar surface area (TPSA) is 81.4 Å². The molecular formula is C10H25ClN2O3S. The minimum Gasteiger partial charge on any atom is -0.381 e. The molecule has 0 rings (SSSR count). The van der Waals surface area contributed by atoms with E-state index in [1.807, 2.05) is 20.8 Å². The molecule has 0 spiro atoms. The fourth-order valence-corrected chi connectivity index (χ4v) is 2.89. The first kappa shape index (κ1) is 19.5. The third kappa shape index (κ3) is 7.21. The number of hydrogen-bond acceptors (Lipinski definition) is 4. The van der Waals surface area contributed by atoms with Crippen LogP contribution in [0.5, 0.6) is 0 Å². The predicted octanol–water partition coefficient (Wildman–Crippen LogP) is 0.882. The highest BCUT2D eigenvalue weighted by molar-refractivity contribution is 7.89. The van der Waals surface area contributed by atoms with E-state index in [0.717, 1.165) is 0 Å². The largest absolute Gasteiger partial charge is 0.381 e. The SMILES string of the molecule is CCOCCS(=O)(=O)NC(CC)(CC)CN.Cl. The van der Waals surface area contributed by atoms with Crippen molar-refractivity contribution >= 4 is 22.4 Å². The number of sulfonamides is 1. The molecule has 5 nitrogen and oxygen atoms in total. The zero-order chi connectivity index (χ0) is 12.7. The summed E-state index contributed by atoms with van der Waals surface area (Å²) in [5.74, 6) is -0.0113. The van der Waals surface area contributed by atoms with Gasteiger partial charge in [0.15, 0.2) is 0 Å². The van der Waals surface area contributed by atoms with E-state index in [1.54, 1.807) is 0 Å². The normalized spacial score (nSPS) is 12.2. The Balaban J connectivity index is 0. The number of nitrogens with two attached hydrogens (primary N) is 1. The van der Waals surface area contributed by atoms with Crippen molar-refractivity contribution in [2.75, 3.05) is 25.5 Å². The lowest BCUT2D eigenvalue weighted by Crippen LogP contribution is -2.53. The molecule has 0 saturated heterocycles. The van der Waals surface area contributed by atoms with E-state index >= 15 is 0 Å². The maximum Gasteiger partial charge on any atom is 0.214 e. The third-order valence-corrected chi connectivity index (χ3v) is 4.26. The standard InChI is InChI=1S/C10H24N2O3S.ClH/c1-4-10(5-2,9-11)12-16(13,14)8-7-15-6-3;/h12H,4-9,11H2,1-3H3;1H. The Kier molecular flexibility index (Phi) is 10.4. The Morgan fingerprint density at radius 1 is 1.24 bits per heavy atom. The van der Waals surface area contributed by atoms with E-state index in [0.29, 0.717) is 26.0 Å². The van der Waals surface area contributed by atoms with Gasteiger partial charge in [0.2, 0.25) is 10.0 Å². The second-order valence-corrected chi connectivity index (χ2v) is 5.65.